The number of hydrogen-bond donors (Lipinski definition) is 1. The van der Waals surface area contributed by atoms with Crippen LogP contribution in [0.1, 0.15) is 31.8 Å². The number of hydrogen-bond acceptors (Lipinski definition) is 5. The molecule has 0 unspecified atom stereocenters. The average molecular weight is 390 g/mol. The van der Waals surface area contributed by atoms with Crippen molar-refractivity contribution in [3.8, 4) is 0 Å². The van der Waals surface area contributed by atoms with Crippen LogP contribution in [0, 0.1) is 17.0 Å². The molecule has 1 amide bonds. The van der Waals surface area contributed by atoms with Gasteiger partial charge in [0.25, 0.3) is 11.6 Å². The van der Waals surface area contributed by atoms with E-state index in [9.17, 15) is 19.7 Å². The molecule has 29 heavy (non-hydrogen) atoms. The molecule has 0 atom stereocenters. The van der Waals surface area contributed by atoms with Gasteiger partial charge >= 0.3 is 5.97 Å². The van der Waals surface area contributed by atoms with Crippen LogP contribution in [-0.2, 0) is 11.3 Å². The minimum Gasteiger partial charge on any atom is -0.457 e. The summed E-state index contributed by atoms with van der Waals surface area (Å²) in [4.78, 5) is 35.2. The third kappa shape index (κ3) is 5.04. The number of nitro groups is 1. The lowest BCUT2D eigenvalue weighted by molar-refractivity contribution is -0.384. The van der Waals surface area contributed by atoms with Crippen LogP contribution in [0.25, 0.3) is 0 Å². The maximum atomic E-state index is 12.5. The van der Waals surface area contributed by atoms with Gasteiger partial charge in [0.05, 0.1) is 16.2 Å². The van der Waals surface area contributed by atoms with Gasteiger partial charge < -0.3 is 10.1 Å². The Balaban J connectivity index is 1.69. The predicted molar refractivity (Wildman–Crippen MR) is 108 cm³/mol. The van der Waals surface area contributed by atoms with Crippen molar-refractivity contribution in [2.75, 3.05) is 5.32 Å². The van der Waals surface area contributed by atoms with Crippen molar-refractivity contribution < 1.29 is 19.2 Å². The van der Waals surface area contributed by atoms with Gasteiger partial charge in [0.2, 0.25) is 0 Å². The fourth-order valence-corrected chi connectivity index (χ4v) is 2.69. The number of carbonyl (C=O) groups is 2. The minimum atomic E-state index is -0.608. The van der Waals surface area contributed by atoms with Crippen LogP contribution in [0.3, 0.4) is 0 Å². The zero-order valence-corrected chi connectivity index (χ0v) is 15.6. The summed E-state index contributed by atoms with van der Waals surface area (Å²) in [7, 11) is 0. The Hall–Kier alpha value is -4.00. The zero-order valence-electron chi connectivity index (χ0n) is 15.6. The number of rotatable bonds is 6. The maximum absolute atomic E-state index is 12.5. The predicted octanol–water partition coefficient (Wildman–Crippen LogP) is 4.51. The molecule has 0 saturated heterocycles. The third-order valence-electron chi connectivity index (χ3n) is 4.19. The fraction of sp³-hybridized carbons (Fsp3) is 0.0909. The number of para-hydroxylation sites is 1. The quantitative estimate of drug-likeness (QED) is 0.379. The number of non-ortho nitro benzene ring substituents is 1. The van der Waals surface area contributed by atoms with Crippen LogP contribution in [0.4, 0.5) is 11.4 Å². The van der Waals surface area contributed by atoms with Crippen molar-refractivity contribution in [3.05, 3.63) is 105 Å². The summed E-state index contributed by atoms with van der Waals surface area (Å²) >= 11 is 0. The highest BCUT2D eigenvalue weighted by Gasteiger charge is 2.16. The lowest BCUT2D eigenvalue weighted by atomic mass is 10.1. The Bertz CT molecular complexity index is 1060. The lowest BCUT2D eigenvalue weighted by Crippen LogP contribution is -2.16. The molecule has 0 aliphatic heterocycles. The van der Waals surface area contributed by atoms with Gasteiger partial charge in [-0.3, -0.25) is 14.9 Å². The smallest absolute Gasteiger partial charge is 0.340 e. The number of esters is 1. The number of nitrogens with zero attached hydrogens (tertiary/aromatic N) is 1. The van der Waals surface area contributed by atoms with E-state index in [-0.39, 0.29) is 23.8 Å². The van der Waals surface area contributed by atoms with E-state index in [0.29, 0.717) is 16.8 Å². The molecule has 0 aliphatic rings. The monoisotopic (exact) mass is 390 g/mol. The Morgan fingerprint density at radius 1 is 1.00 bits per heavy atom. The van der Waals surface area contributed by atoms with Gasteiger partial charge in [0, 0.05) is 17.7 Å². The minimum absolute atomic E-state index is 0.0377. The topological polar surface area (TPSA) is 98.5 Å². The van der Waals surface area contributed by atoms with Crippen molar-refractivity contribution >= 4 is 23.3 Å². The van der Waals surface area contributed by atoms with Gasteiger partial charge in [-0.15, -0.1) is 0 Å². The van der Waals surface area contributed by atoms with Crippen molar-refractivity contribution in [1.82, 2.24) is 0 Å². The molecule has 3 aromatic rings. The van der Waals surface area contributed by atoms with Crippen LogP contribution in [0.5, 0.6) is 0 Å². The molecule has 7 heteroatoms. The molecule has 0 spiro atoms. The van der Waals surface area contributed by atoms with Crippen LogP contribution >= 0.6 is 0 Å². The molecule has 0 aromatic heterocycles. The van der Waals surface area contributed by atoms with Gasteiger partial charge in [-0.05, 0) is 48.9 Å². The summed E-state index contributed by atoms with van der Waals surface area (Å²) < 4.78 is 5.30. The number of aryl methyl sites for hydroxylation is 1. The number of ether oxygens (including phenoxy) is 1. The van der Waals surface area contributed by atoms with Crippen molar-refractivity contribution in [1.29, 1.82) is 0 Å². The normalized spacial score (nSPS) is 10.2. The van der Waals surface area contributed by atoms with E-state index in [4.69, 9.17) is 4.74 Å². The largest absolute Gasteiger partial charge is 0.457 e. The van der Waals surface area contributed by atoms with E-state index in [2.05, 4.69) is 5.32 Å². The van der Waals surface area contributed by atoms with E-state index in [1.165, 1.54) is 24.3 Å². The molecule has 0 radical (unpaired) electrons. The van der Waals surface area contributed by atoms with Crippen LogP contribution in [0.15, 0.2) is 72.8 Å². The average Bonchev–Trinajstić information content (AvgIpc) is 2.72. The summed E-state index contributed by atoms with van der Waals surface area (Å²) in [5.41, 5.74) is 2.57. The maximum Gasteiger partial charge on any atom is 0.340 e. The Labute approximate surface area is 167 Å². The van der Waals surface area contributed by atoms with E-state index in [1.54, 1.807) is 42.5 Å². The zero-order chi connectivity index (χ0) is 20.8. The standard InChI is InChI=1S/C22H18N2O5/c1-15-5-4-6-17(13-15)21(25)23-20-8-3-2-7-19(20)22(26)29-14-16-9-11-18(12-10-16)24(27)28/h2-13H,14H2,1H3,(H,23,25). The van der Waals surface area contributed by atoms with Gasteiger partial charge in [0.15, 0.2) is 0 Å². The van der Waals surface area contributed by atoms with E-state index in [0.717, 1.165) is 5.56 Å². The van der Waals surface area contributed by atoms with Gasteiger partial charge in [0.1, 0.15) is 6.61 Å². The van der Waals surface area contributed by atoms with Gasteiger partial charge in [-0.25, -0.2) is 4.79 Å². The molecular formula is C22H18N2O5. The summed E-state index contributed by atoms with van der Waals surface area (Å²) in [6.07, 6.45) is 0. The highest BCUT2D eigenvalue weighted by Crippen LogP contribution is 2.19. The van der Waals surface area contributed by atoms with Crippen LogP contribution < -0.4 is 5.32 Å². The molecule has 146 valence electrons. The van der Waals surface area contributed by atoms with Gasteiger partial charge in [-0.1, -0.05) is 29.8 Å². The first-order valence-corrected chi connectivity index (χ1v) is 8.81. The highest BCUT2D eigenvalue weighted by molar-refractivity contribution is 6.08. The molecule has 3 aromatic carbocycles. The Morgan fingerprint density at radius 3 is 2.41 bits per heavy atom. The number of carbonyl (C=O) groups excluding carboxylic acids is 2. The second-order valence-electron chi connectivity index (χ2n) is 6.37. The van der Waals surface area contributed by atoms with E-state index < -0.39 is 10.9 Å². The summed E-state index contributed by atoms with van der Waals surface area (Å²) in [5.74, 6) is -0.937. The summed E-state index contributed by atoms with van der Waals surface area (Å²) in [5, 5.41) is 13.4. The molecule has 1 N–H and O–H groups in total. The first-order valence-electron chi connectivity index (χ1n) is 8.81. The molecule has 7 nitrogen and oxygen atoms in total. The molecular weight excluding hydrogens is 372 g/mol. The van der Waals surface area contributed by atoms with Crippen LogP contribution in [0.2, 0.25) is 0 Å². The number of anilines is 1. The number of nitrogens with one attached hydrogen (secondary N) is 1. The summed E-state index contributed by atoms with van der Waals surface area (Å²) in [6.45, 7) is 1.84. The van der Waals surface area contributed by atoms with Gasteiger partial charge in [-0.2, -0.15) is 0 Å². The lowest BCUT2D eigenvalue weighted by Gasteiger charge is -2.11. The Morgan fingerprint density at radius 2 is 1.72 bits per heavy atom. The Kier molecular flexibility index (Phi) is 5.99. The van der Waals surface area contributed by atoms with E-state index in [1.807, 2.05) is 13.0 Å². The molecule has 0 bridgehead atoms. The number of benzene rings is 3. The second-order valence-corrected chi connectivity index (χ2v) is 6.37. The highest BCUT2D eigenvalue weighted by atomic mass is 16.6. The fourth-order valence-electron chi connectivity index (χ4n) is 2.69. The van der Waals surface area contributed by atoms with Crippen molar-refractivity contribution in [2.45, 2.75) is 13.5 Å². The number of amides is 1. The first-order chi connectivity index (χ1) is 13.9. The first kappa shape index (κ1) is 19.8. The summed E-state index contributed by atoms with van der Waals surface area (Å²) in [6, 6.07) is 19.4. The molecule has 0 heterocycles. The second kappa shape index (κ2) is 8.79. The molecule has 0 fully saturated rings. The SMILES string of the molecule is Cc1cccc(C(=O)Nc2ccccc2C(=O)OCc2ccc([N+](=O)[O-])cc2)c1. The molecule has 0 aliphatic carbocycles. The molecule has 0 saturated carbocycles. The van der Waals surface area contributed by atoms with E-state index >= 15 is 0 Å². The number of nitro benzene ring substituents is 1. The van der Waals surface area contributed by atoms with Crippen molar-refractivity contribution in [3.63, 3.8) is 0 Å². The third-order valence-corrected chi connectivity index (χ3v) is 4.19. The molecule has 3 rings (SSSR count). The van der Waals surface area contributed by atoms with Crippen molar-refractivity contribution in [2.24, 2.45) is 0 Å². The van der Waals surface area contributed by atoms with Crippen LogP contribution in [-0.4, -0.2) is 16.8 Å².